The van der Waals surface area contributed by atoms with E-state index in [1.54, 1.807) is 0 Å². The van der Waals surface area contributed by atoms with Crippen LogP contribution in [0.1, 0.15) is 0 Å². The summed E-state index contributed by atoms with van der Waals surface area (Å²) in [5, 5.41) is 1.20. The van der Waals surface area contributed by atoms with Crippen molar-refractivity contribution in [3.63, 3.8) is 0 Å². The van der Waals surface area contributed by atoms with Gasteiger partial charge in [0.1, 0.15) is 0 Å². The van der Waals surface area contributed by atoms with Gasteiger partial charge in [-0.2, -0.15) is 0 Å². The fraction of sp³-hybridized carbons (Fsp3) is 0. The normalized spacial score (nSPS) is 8.33. The molecule has 0 atom stereocenters. The Balaban J connectivity index is 0.000000605. The van der Waals surface area contributed by atoms with Crippen LogP contribution in [0.25, 0.3) is 10.9 Å². The molecule has 0 saturated heterocycles. The van der Waals surface area contributed by atoms with Crippen molar-refractivity contribution in [2.45, 2.75) is 0 Å². The number of rotatable bonds is 0. The summed E-state index contributed by atoms with van der Waals surface area (Å²) in [5.74, 6) is 0. The third-order valence-electron chi connectivity index (χ3n) is 1.51. The van der Waals surface area contributed by atoms with Crippen LogP contribution in [0.4, 0.5) is 0 Å². The Kier molecular flexibility index (Phi) is 4.93. The average molecular weight is 265 g/mol. The van der Waals surface area contributed by atoms with Gasteiger partial charge in [0.05, 0.1) is 5.52 Å². The molecule has 0 aliphatic carbocycles. The molecule has 0 aliphatic heterocycles. The second kappa shape index (κ2) is 5.17. The number of benzene rings is 1. The van der Waals surface area contributed by atoms with Gasteiger partial charge in [0.15, 0.2) is 0 Å². The third-order valence-corrected chi connectivity index (χ3v) is 1.51. The molecule has 12 heavy (non-hydrogen) atoms. The molecule has 2 nitrogen and oxygen atoms in total. The zero-order valence-corrected chi connectivity index (χ0v) is 5.99. The van der Waals surface area contributed by atoms with Crippen LogP contribution in [0.5, 0.6) is 0 Å². The molecule has 0 aliphatic rings. The quantitative estimate of drug-likeness (QED) is 0.672. The van der Waals surface area contributed by atoms with Crippen molar-refractivity contribution >= 4 is 36.7 Å². The van der Waals surface area contributed by atoms with E-state index in [4.69, 9.17) is 0 Å². The van der Waals surface area contributed by atoms with Crippen LogP contribution in [0, 0.1) is 0 Å². The van der Waals surface area contributed by atoms with Crippen LogP contribution < -0.4 is 0 Å². The summed E-state index contributed by atoms with van der Waals surface area (Å²) in [6.45, 7) is 0. The van der Waals surface area contributed by atoms with Crippen LogP contribution in [0.3, 0.4) is 0 Å². The van der Waals surface area contributed by atoms with Gasteiger partial charge in [-0.3, -0.25) is 4.98 Å². The largest absolute Gasteiger partial charge is 0.256 e. The molecule has 3 heteroatoms. The van der Waals surface area contributed by atoms with Crippen molar-refractivity contribution in [1.82, 2.24) is 4.98 Å². The van der Waals surface area contributed by atoms with Crippen LogP contribution in [-0.2, 0) is 0 Å². The summed E-state index contributed by atoms with van der Waals surface area (Å²) >= 11 is 0. The van der Waals surface area contributed by atoms with E-state index in [-0.39, 0.29) is 31.3 Å². The standard InChI is InChI=1S/C9H7N.In.H2O.3H/c1-2-6-9-8(4-1)5-3-7-10-9;;;;;/h1-7H;;1H2;;;. The number of pyridine rings is 1. The van der Waals surface area contributed by atoms with Crippen LogP contribution in [0.15, 0.2) is 42.6 Å². The van der Waals surface area contributed by atoms with Gasteiger partial charge >= 0.3 is 25.8 Å². The topological polar surface area (TPSA) is 44.4 Å². The summed E-state index contributed by atoms with van der Waals surface area (Å²) < 4.78 is 0. The van der Waals surface area contributed by atoms with E-state index < -0.39 is 0 Å². The molecule has 0 spiro atoms. The van der Waals surface area contributed by atoms with Crippen molar-refractivity contribution in [2.75, 3.05) is 0 Å². The Morgan fingerprint density at radius 2 is 1.58 bits per heavy atom. The van der Waals surface area contributed by atoms with Gasteiger partial charge in [0, 0.05) is 11.6 Å². The Bertz CT molecular complexity index is 286. The molecule has 0 bridgehead atoms. The summed E-state index contributed by atoms with van der Waals surface area (Å²) in [6.07, 6.45) is 1.81. The predicted octanol–water partition coefficient (Wildman–Crippen LogP) is 0.226. The number of nitrogens with zero attached hydrogens (tertiary/aromatic N) is 1. The molecule has 0 amide bonds. The molecule has 1 aromatic carbocycles. The molecule has 0 unspecified atom stereocenters. The van der Waals surface area contributed by atoms with Gasteiger partial charge in [-0.25, -0.2) is 0 Å². The maximum atomic E-state index is 4.18. The zero-order valence-electron chi connectivity index (χ0n) is 5.99. The molecule has 0 saturated carbocycles. The van der Waals surface area contributed by atoms with E-state index in [1.165, 1.54) is 5.39 Å². The molecule has 2 N–H and O–H groups in total. The second-order valence-electron chi connectivity index (χ2n) is 2.20. The predicted molar refractivity (Wildman–Crippen MR) is 55.3 cm³/mol. The molecular formula is C9H12InNO. The van der Waals surface area contributed by atoms with Gasteiger partial charge in [-0.1, -0.05) is 24.3 Å². The minimum atomic E-state index is 0. The summed E-state index contributed by atoms with van der Waals surface area (Å²) in [6, 6.07) is 12.1. The van der Waals surface area contributed by atoms with E-state index in [0.717, 1.165) is 5.52 Å². The minimum Gasteiger partial charge on any atom is -0.256 e. The Hall–Kier alpha value is -0.540. The van der Waals surface area contributed by atoms with Crippen LogP contribution in [0.2, 0.25) is 0 Å². The molecule has 1 heterocycles. The third kappa shape index (κ3) is 2.22. The van der Waals surface area contributed by atoms with Gasteiger partial charge in [0.2, 0.25) is 0 Å². The van der Waals surface area contributed by atoms with E-state index in [9.17, 15) is 0 Å². The maximum Gasteiger partial charge on any atom is 0.0701 e. The minimum absolute atomic E-state index is 0. The van der Waals surface area contributed by atoms with E-state index in [1.807, 2.05) is 30.5 Å². The summed E-state index contributed by atoms with van der Waals surface area (Å²) in [7, 11) is 0. The van der Waals surface area contributed by atoms with Crippen LogP contribution in [-0.4, -0.2) is 36.3 Å². The Morgan fingerprint density at radius 3 is 2.33 bits per heavy atom. The molecule has 1 aromatic heterocycles. The number of aromatic nitrogens is 1. The first kappa shape index (κ1) is 11.5. The zero-order chi connectivity index (χ0) is 6.81. The molecule has 62 valence electrons. The number of para-hydroxylation sites is 1. The smallest absolute Gasteiger partial charge is 0.0701 e. The summed E-state index contributed by atoms with van der Waals surface area (Å²) in [5.41, 5.74) is 1.06. The van der Waals surface area contributed by atoms with E-state index in [0.29, 0.717) is 0 Å². The average Bonchev–Trinajstić information content (AvgIpc) is 2.05. The fourth-order valence-corrected chi connectivity index (χ4v) is 1.02. The second-order valence-corrected chi connectivity index (χ2v) is 2.20. The molecule has 2 aromatic rings. The Morgan fingerprint density at radius 1 is 0.917 bits per heavy atom. The van der Waals surface area contributed by atoms with Crippen LogP contribution >= 0.6 is 0 Å². The fourth-order valence-electron chi connectivity index (χ4n) is 1.02. The number of fused-ring (bicyclic) bond motifs is 1. The van der Waals surface area contributed by atoms with Crippen molar-refractivity contribution < 1.29 is 5.48 Å². The van der Waals surface area contributed by atoms with Crippen molar-refractivity contribution in [2.24, 2.45) is 0 Å². The monoisotopic (exact) mass is 265 g/mol. The van der Waals surface area contributed by atoms with Crippen molar-refractivity contribution in [3.05, 3.63) is 42.6 Å². The Labute approximate surface area is 89.7 Å². The number of hydrogen-bond acceptors (Lipinski definition) is 1. The van der Waals surface area contributed by atoms with Crippen molar-refractivity contribution in [3.8, 4) is 0 Å². The maximum absolute atomic E-state index is 4.18. The SMILES string of the molecule is O.[InH3].c1ccc2ncccc2c1. The summed E-state index contributed by atoms with van der Waals surface area (Å²) in [4.78, 5) is 4.18. The van der Waals surface area contributed by atoms with Crippen molar-refractivity contribution in [1.29, 1.82) is 0 Å². The van der Waals surface area contributed by atoms with E-state index >= 15 is 0 Å². The molecular weight excluding hydrogens is 253 g/mol. The van der Waals surface area contributed by atoms with E-state index in [2.05, 4.69) is 17.1 Å². The number of hydrogen-bond donors (Lipinski definition) is 0. The first-order valence-corrected chi connectivity index (χ1v) is 3.26. The van der Waals surface area contributed by atoms with Gasteiger partial charge in [0.25, 0.3) is 0 Å². The molecule has 2 rings (SSSR count). The van der Waals surface area contributed by atoms with Gasteiger partial charge in [-0.15, -0.1) is 0 Å². The first-order valence-electron chi connectivity index (χ1n) is 3.26. The molecule has 0 radical (unpaired) electrons. The van der Waals surface area contributed by atoms with Gasteiger partial charge in [-0.05, 0) is 12.1 Å². The van der Waals surface area contributed by atoms with Gasteiger partial charge < -0.3 is 5.48 Å². The first-order chi connectivity index (χ1) is 4.97. The molecule has 0 fully saturated rings.